The van der Waals surface area contributed by atoms with Gasteiger partial charge in [-0.05, 0) is 18.6 Å². The Balaban J connectivity index is 2.59. The van der Waals surface area contributed by atoms with E-state index in [0.717, 1.165) is 4.90 Å². The molecule has 0 aliphatic rings. The van der Waals surface area contributed by atoms with Gasteiger partial charge in [-0.15, -0.1) is 0 Å². The van der Waals surface area contributed by atoms with E-state index in [1.54, 1.807) is 0 Å². The first kappa shape index (κ1) is 10.4. The Labute approximate surface area is 81.1 Å². The molecular formula is C10H14O2S. The van der Waals surface area contributed by atoms with Crippen LogP contribution in [0, 0.1) is 0 Å². The molecule has 0 spiro atoms. The maximum atomic E-state index is 11.6. The van der Waals surface area contributed by atoms with Gasteiger partial charge in [-0.25, -0.2) is 0 Å². The van der Waals surface area contributed by atoms with Crippen molar-refractivity contribution >= 4 is 10.8 Å². The molecule has 1 aromatic rings. The molecule has 2 nitrogen and oxygen atoms in total. The van der Waals surface area contributed by atoms with Crippen LogP contribution in [-0.2, 0) is 10.8 Å². The molecule has 72 valence electrons. The van der Waals surface area contributed by atoms with Crippen molar-refractivity contribution < 1.29 is 9.32 Å². The van der Waals surface area contributed by atoms with Gasteiger partial charge in [0.05, 0.1) is 22.7 Å². The average Bonchev–Trinajstić information content (AvgIpc) is 2.19. The van der Waals surface area contributed by atoms with Crippen LogP contribution in [0.5, 0.6) is 0 Å². The highest BCUT2D eigenvalue weighted by molar-refractivity contribution is 7.85. The Bertz CT molecular complexity index is 272. The van der Waals surface area contributed by atoms with Gasteiger partial charge in [0.15, 0.2) is 0 Å². The van der Waals surface area contributed by atoms with Gasteiger partial charge in [-0.3, -0.25) is 4.21 Å². The van der Waals surface area contributed by atoms with Crippen LogP contribution in [0.15, 0.2) is 35.2 Å². The normalized spacial score (nSPS) is 15.2. The lowest BCUT2D eigenvalue weighted by Crippen LogP contribution is -2.15. The molecule has 1 rings (SSSR count). The van der Waals surface area contributed by atoms with Crippen LogP contribution in [0.3, 0.4) is 0 Å². The molecule has 3 heteroatoms. The molecule has 0 heterocycles. The first-order valence-electron chi connectivity index (χ1n) is 4.35. The van der Waals surface area contributed by atoms with Gasteiger partial charge in [0.1, 0.15) is 0 Å². The monoisotopic (exact) mass is 198 g/mol. The number of hydrogen-bond acceptors (Lipinski definition) is 2. The fourth-order valence-electron chi connectivity index (χ4n) is 0.961. The standard InChI is InChI=1S/C10H14O2S/c1-2-9(11)8-13(12)10-6-4-3-5-7-10/h3-7,9,11H,2,8H2,1H3. The molecule has 0 aliphatic heterocycles. The smallest absolute Gasteiger partial charge is 0.0656 e. The van der Waals surface area contributed by atoms with E-state index in [1.807, 2.05) is 37.3 Å². The molecule has 0 aliphatic carbocycles. The topological polar surface area (TPSA) is 37.3 Å². The first-order valence-corrected chi connectivity index (χ1v) is 5.67. The van der Waals surface area contributed by atoms with Crippen molar-refractivity contribution in [2.75, 3.05) is 5.75 Å². The van der Waals surface area contributed by atoms with Crippen molar-refractivity contribution in [3.63, 3.8) is 0 Å². The van der Waals surface area contributed by atoms with E-state index in [2.05, 4.69) is 0 Å². The third-order valence-electron chi connectivity index (χ3n) is 1.82. The highest BCUT2D eigenvalue weighted by Gasteiger charge is 2.08. The summed E-state index contributed by atoms with van der Waals surface area (Å²) in [5.41, 5.74) is 0. The van der Waals surface area contributed by atoms with Crippen LogP contribution in [0.1, 0.15) is 13.3 Å². The Morgan fingerprint density at radius 1 is 1.38 bits per heavy atom. The summed E-state index contributed by atoms with van der Waals surface area (Å²) >= 11 is 0. The van der Waals surface area contributed by atoms with E-state index < -0.39 is 16.9 Å². The predicted molar refractivity (Wildman–Crippen MR) is 54.0 cm³/mol. The second-order valence-electron chi connectivity index (χ2n) is 2.89. The van der Waals surface area contributed by atoms with Gasteiger partial charge in [-0.2, -0.15) is 0 Å². The second-order valence-corrected chi connectivity index (χ2v) is 4.38. The van der Waals surface area contributed by atoms with Gasteiger partial charge in [0.2, 0.25) is 0 Å². The van der Waals surface area contributed by atoms with Crippen LogP contribution in [0.2, 0.25) is 0 Å². The number of aliphatic hydroxyl groups is 1. The molecule has 0 saturated carbocycles. The molecule has 0 aromatic heterocycles. The summed E-state index contributed by atoms with van der Waals surface area (Å²) in [5.74, 6) is 0.334. The molecule has 13 heavy (non-hydrogen) atoms. The lowest BCUT2D eigenvalue weighted by molar-refractivity contribution is 0.194. The molecule has 0 radical (unpaired) electrons. The van der Waals surface area contributed by atoms with Crippen LogP contribution in [0.4, 0.5) is 0 Å². The summed E-state index contributed by atoms with van der Waals surface area (Å²) in [5, 5.41) is 9.30. The van der Waals surface area contributed by atoms with E-state index in [0.29, 0.717) is 12.2 Å². The van der Waals surface area contributed by atoms with Crippen LogP contribution in [0.25, 0.3) is 0 Å². The molecular weight excluding hydrogens is 184 g/mol. The largest absolute Gasteiger partial charge is 0.392 e. The van der Waals surface area contributed by atoms with Crippen LogP contribution >= 0.6 is 0 Å². The number of rotatable bonds is 4. The third-order valence-corrected chi connectivity index (χ3v) is 3.31. The summed E-state index contributed by atoms with van der Waals surface area (Å²) < 4.78 is 11.6. The minimum atomic E-state index is -1.06. The van der Waals surface area contributed by atoms with Gasteiger partial charge in [-0.1, -0.05) is 25.1 Å². The van der Waals surface area contributed by atoms with E-state index in [9.17, 15) is 9.32 Å². The fourth-order valence-corrected chi connectivity index (χ4v) is 2.20. The maximum Gasteiger partial charge on any atom is 0.0656 e. The van der Waals surface area contributed by atoms with E-state index in [-0.39, 0.29) is 0 Å². The number of benzene rings is 1. The van der Waals surface area contributed by atoms with Crippen molar-refractivity contribution in [2.45, 2.75) is 24.3 Å². The van der Waals surface area contributed by atoms with Crippen LogP contribution in [-0.4, -0.2) is 21.2 Å². The third kappa shape index (κ3) is 3.28. The van der Waals surface area contributed by atoms with Gasteiger partial charge in [0, 0.05) is 4.90 Å². The number of aliphatic hydroxyl groups excluding tert-OH is 1. The van der Waals surface area contributed by atoms with Crippen molar-refractivity contribution in [2.24, 2.45) is 0 Å². The zero-order valence-corrected chi connectivity index (χ0v) is 8.46. The molecule has 1 aromatic carbocycles. The summed E-state index contributed by atoms with van der Waals surface area (Å²) in [6, 6.07) is 9.23. The van der Waals surface area contributed by atoms with Crippen molar-refractivity contribution in [1.29, 1.82) is 0 Å². The summed E-state index contributed by atoms with van der Waals surface area (Å²) in [6.45, 7) is 1.88. The van der Waals surface area contributed by atoms with Gasteiger partial charge >= 0.3 is 0 Å². The highest BCUT2D eigenvalue weighted by atomic mass is 32.2. The Kier molecular flexibility index (Phi) is 4.12. The lowest BCUT2D eigenvalue weighted by Gasteiger charge is -2.06. The molecule has 0 saturated heterocycles. The van der Waals surface area contributed by atoms with Crippen molar-refractivity contribution in [3.8, 4) is 0 Å². The molecule has 2 atom stereocenters. The zero-order valence-electron chi connectivity index (χ0n) is 7.64. The first-order chi connectivity index (χ1) is 6.24. The lowest BCUT2D eigenvalue weighted by atomic mass is 10.3. The predicted octanol–water partition coefficient (Wildman–Crippen LogP) is 1.57. The van der Waals surface area contributed by atoms with Crippen molar-refractivity contribution in [1.82, 2.24) is 0 Å². The Hall–Kier alpha value is -0.670. The molecule has 2 unspecified atom stereocenters. The molecule has 0 amide bonds. The number of hydrogen-bond donors (Lipinski definition) is 1. The minimum absolute atomic E-state index is 0.334. The van der Waals surface area contributed by atoms with Gasteiger partial charge < -0.3 is 5.11 Å². The summed E-state index contributed by atoms with van der Waals surface area (Å²) in [6.07, 6.45) is 0.194. The summed E-state index contributed by atoms with van der Waals surface area (Å²) in [7, 11) is -1.06. The van der Waals surface area contributed by atoms with E-state index in [1.165, 1.54) is 0 Å². The zero-order chi connectivity index (χ0) is 9.68. The Morgan fingerprint density at radius 2 is 2.00 bits per heavy atom. The molecule has 1 N–H and O–H groups in total. The fraction of sp³-hybridized carbons (Fsp3) is 0.400. The highest BCUT2D eigenvalue weighted by Crippen LogP contribution is 2.07. The van der Waals surface area contributed by atoms with E-state index in [4.69, 9.17) is 0 Å². The quantitative estimate of drug-likeness (QED) is 0.797. The minimum Gasteiger partial charge on any atom is -0.392 e. The summed E-state index contributed by atoms with van der Waals surface area (Å²) in [4.78, 5) is 0.787. The molecule has 0 fully saturated rings. The average molecular weight is 198 g/mol. The molecule has 0 bridgehead atoms. The van der Waals surface area contributed by atoms with Gasteiger partial charge in [0.25, 0.3) is 0 Å². The van der Waals surface area contributed by atoms with E-state index >= 15 is 0 Å². The van der Waals surface area contributed by atoms with Crippen molar-refractivity contribution in [3.05, 3.63) is 30.3 Å². The Morgan fingerprint density at radius 3 is 2.54 bits per heavy atom. The van der Waals surface area contributed by atoms with Crippen LogP contribution < -0.4 is 0 Å². The second kappa shape index (κ2) is 5.14. The maximum absolute atomic E-state index is 11.6. The SMILES string of the molecule is CCC(O)CS(=O)c1ccccc1.